The highest BCUT2D eigenvalue weighted by Gasteiger charge is 2.27. The van der Waals surface area contributed by atoms with Crippen LogP contribution in [0.5, 0.6) is 5.75 Å². The van der Waals surface area contributed by atoms with E-state index in [1.165, 1.54) is 0 Å². The number of hydrogen-bond donors (Lipinski definition) is 0. The van der Waals surface area contributed by atoms with Crippen molar-refractivity contribution in [1.29, 1.82) is 0 Å². The lowest BCUT2D eigenvalue weighted by molar-refractivity contribution is 0.245. The lowest BCUT2D eigenvalue weighted by Crippen LogP contribution is -2.05. The SMILES string of the molecule is Cc1nnc(C)n1-c1ccc(O[C@H]2[CH]Cc3c(Cl)cc(Cl)cc32)cc1. The maximum absolute atomic E-state index is 6.28. The van der Waals surface area contributed by atoms with Gasteiger partial charge in [0.25, 0.3) is 0 Å². The summed E-state index contributed by atoms with van der Waals surface area (Å²) in [5, 5.41) is 9.50. The van der Waals surface area contributed by atoms with Crippen molar-refractivity contribution in [1.82, 2.24) is 14.8 Å². The maximum Gasteiger partial charge on any atom is 0.134 e. The molecule has 0 amide bonds. The average molecular weight is 373 g/mol. The van der Waals surface area contributed by atoms with E-state index in [0.29, 0.717) is 10.0 Å². The van der Waals surface area contributed by atoms with Gasteiger partial charge in [-0.15, -0.1) is 10.2 Å². The molecule has 0 bridgehead atoms. The molecular weight excluding hydrogens is 357 g/mol. The third kappa shape index (κ3) is 3.00. The number of hydrogen-bond acceptors (Lipinski definition) is 3. The third-order valence-electron chi connectivity index (χ3n) is 4.38. The van der Waals surface area contributed by atoms with E-state index in [1.807, 2.05) is 48.7 Å². The first-order chi connectivity index (χ1) is 12.0. The zero-order valence-electron chi connectivity index (χ0n) is 13.8. The second-order valence-electron chi connectivity index (χ2n) is 6.06. The molecule has 0 aliphatic heterocycles. The summed E-state index contributed by atoms with van der Waals surface area (Å²) in [5.41, 5.74) is 3.13. The summed E-state index contributed by atoms with van der Waals surface area (Å²) in [6.45, 7) is 3.87. The summed E-state index contributed by atoms with van der Waals surface area (Å²) >= 11 is 12.4. The molecule has 0 saturated carbocycles. The molecule has 0 N–H and O–H groups in total. The Morgan fingerprint density at radius 1 is 1.04 bits per heavy atom. The predicted octanol–water partition coefficient (Wildman–Crippen LogP) is 5.07. The minimum atomic E-state index is -0.143. The Kier molecular flexibility index (Phi) is 4.18. The molecule has 0 unspecified atom stereocenters. The van der Waals surface area contributed by atoms with E-state index < -0.39 is 0 Å². The highest BCUT2D eigenvalue weighted by Crippen LogP contribution is 2.39. The van der Waals surface area contributed by atoms with Gasteiger partial charge in [0.05, 0.1) is 0 Å². The van der Waals surface area contributed by atoms with Gasteiger partial charge in [-0.25, -0.2) is 0 Å². The molecule has 127 valence electrons. The zero-order chi connectivity index (χ0) is 17.6. The van der Waals surface area contributed by atoms with Gasteiger partial charge in [0.15, 0.2) is 0 Å². The van der Waals surface area contributed by atoms with Crippen molar-refractivity contribution >= 4 is 23.2 Å². The average Bonchev–Trinajstić information content (AvgIpc) is 3.12. The molecule has 1 radical (unpaired) electrons. The molecular formula is C19H16Cl2N3O. The smallest absolute Gasteiger partial charge is 0.134 e. The van der Waals surface area contributed by atoms with Crippen LogP contribution in [0, 0.1) is 20.3 Å². The molecule has 2 aromatic carbocycles. The van der Waals surface area contributed by atoms with Gasteiger partial charge in [-0.2, -0.15) is 0 Å². The maximum atomic E-state index is 6.28. The number of ether oxygens (including phenoxy) is 1. The molecule has 0 spiro atoms. The number of rotatable bonds is 3. The van der Waals surface area contributed by atoms with E-state index in [0.717, 1.165) is 40.6 Å². The number of aromatic nitrogens is 3. The van der Waals surface area contributed by atoms with Crippen LogP contribution in [0.1, 0.15) is 28.9 Å². The molecule has 0 fully saturated rings. The van der Waals surface area contributed by atoms with Crippen molar-refractivity contribution in [3.05, 3.63) is 75.6 Å². The van der Waals surface area contributed by atoms with Gasteiger partial charge < -0.3 is 4.74 Å². The first-order valence-electron chi connectivity index (χ1n) is 8.00. The van der Waals surface area contributed by atoms with Crippen LogP contribution in [0.3, 0.4) is 0 Å². The number of fused-ring (bicyclic) bond motifs is 1. The normalized spacial score (nSPS) is 16.1. The second kappa shape index (κ2) is 6.36. The predicted molar refractivity (Wildman–Crippen MR) is 98.7 cm³/mol. The summed E-state index contributed by atoms with van der Waals surface area (Å²) in [6.07, 6.45) is 2.75. The van der Waals surface area contributed by atoms with Crippen LogP contribution < -0.4 is 4.74 Å². The van der Waals surface area contributed by atoms with E-state index >= 15 is 0 Å². The van der Waals surface area contributed by atoms with E-state index in [-0.39, 0.29) is 6.10 Å². The summed E-state index contributed by atoms with van der Waals surface area (Å²) in [6, 6.07) is 11.6. The second-order valence-corrected chi connectivity index (χ2v) is 6.90. The Balaban J connectivity index is 1.58. The monoisotopic (exact) mass is 372 g/mol. The van der Waals surface area contributed by atoms with Crippen LogP contribution in [0.25, 0.3) is 5.69 Å². The Labute approximate surface area is 156 Å². The zero-order valence-corrected chi connectivity index (χ0v) is 15.3. The third-order valence-corrected chi connectivity index (χ3v) is 4.94. The Morgan fingerprint density at radius 2 is 1.72 bits per heavy atom. The standard InChI is InChI=1S/C19H16Cl2N3O/c1-11-22-23-12(2)24(11)14-3-5-15(6-4-14)25-19-8-7-16-17(19)9-13(20)10-18(16)21/h3-6,8-10,19H,7H2,1-2H3/t19-/m0/s1. The van der Waals surface area contributed by atoms with Gasteiger partial charge in [-0.3, -0.25) is 4.57 Å². The van der Waals surface area contributed by atoms with Crippen molar-refractivity contribution in [2.75, 3.05) is 0 Å². The minimum Gasteiger partial charge on any atom is -0.485 e. The molecule has 1 aliphatic rings. The Morgan fingerprint density at radius 3 is 2.40 bits per heavy atom. The van der Waals surface area contributed by atoms with Crippen molar-refractivity contribution in [2.45, 2.75) is 26.4 Å². The highest BCUT2D eigenvalue weighted by atomic mass is 35.5. The lowest BCUT2D eigenvalue weighted by atomic mass is 10.1. The molecule has 1 aliphatic carbocycles. The van der Waals surface area contributed by atoms with Gasteiger partial charge in [-0.1, -0.05) is 23.2 Å². The summed E-state index contributed by atoms with van der Waals surface area (Å²) < 4.78 is 8.13. The van der Waals surface area contributed by atoms with Crippen LogP contribution in [0.2, 0.25) is 10.0 Å². The molecule has 25 heavy (non-hydrogen) atoms. The number of nitrogens with zero attached hydrogens (tertiary/aromatic N) is 3. The fourth-order valence-electron chi connectivity index (χ4n) is 3.22. The van der Waals surface area contributed by atoms with Gasteiger partial charge in [-0.05, 0) is 67.8 Å². The topological polar surface area (TPSA) is 39.9 Å². The summed E-state index contributed by atoms with van der Waals surface area (Å²) in [4.78, 5) is 0. The molecule has 3 aromatic rings. The molecule has 4 nitrogen and oxygen atoms in total. The highest BCUT2D eigenvalue weighted by molar-refractivity contribution is 6.35. The number of benzene rings is 2. The largest absolute Gasteiger partial charge is 0.485 e. The van der Waals surface area contributed by atoms with Crippen molar-refractivity contribution in [3.8, 4) is 11.4 Å². The van der Waals surface area contributed by atoms with Crippen molar-refractivity contribution in [2.24, 2.45) is 0 Å². The van der Waals surface area contributed by atoms with Gasteiger partial charge in [0.2, 0.25) is 0 Å². The number of aryl methyl sites for hydroxylation is 2. The van der Waals surface area contributed by atoms with Gasteiger partial charge >= 0.3 is 0 Å². The van der Waals surface area contributed by atoms with E-state index in [1.54, 1.807) is 6.07 Å². The van der Waals surface area contributed by atoms with Crippen LogP contribution in [-0.4, -0.2) is 14.8 Å². The van der Waals surface area contributed by atoms with E-state index in [9.17, 15) is 0 Å². The van der Waals surface area contributed by atoms with Crippen molar-refractivity contribution in [3.63, 3.8) is 0 Å². The fraction of sp³-hybridized carbons (Fsp3) is 0.211. The van der Waals surface area contributed by atoms with Crippen molar-refractivity contribution < 1.29 is 4.74 Å². The lowest BCUT2D eigenvalue weighted by Gasteiger charge is -2.16. The minimum absolute atomic E-state index is 0.143. The summed E-state index contributed by atoms with van der Waals surface area (Å²) in [7, 11) is 0. The first-order valence-corrected chi connectivity index (χ1v) is 8.75. The molecule has 6 heteroatoms. The van der Waals surface area contributed by atoms with Crippen LogP contribution in [-0.2, 0) is 6.42 Å². The van der Waals surface area contributed by atoms with Gasteiger partial charge in [0.1, 0.15) is 23.5 Å². The quantitative estimate of drug-likeness (QED) is 0.644. The molecule has 1 aromatic heterocycles. The molecule has 1 heterocycles. The first kappa shape index (κ1) is 16.4. The van der Waals surface area contributed by atoms with Gasteiger partial charge in [0, 0.05) is 22.2 Å². The van der Waals surface area contributed by atoms with E-state index in [2.05, 4.69) is 16.6 Å². The molecule has 1 atom stereocenters. The Hall–Kier alpha value is -2.04. The molecule has 0 saturated heterocycles. The molecule has 4 rings (SSSR count). The van der Waals surface area contributed by atoms with Crippen LogP contribution >= 0.6 is 23.2 Å². The van der Waals surface area contributed by atoms with Crippen LogP contribution in [0.4, 0.5) is 0 Å². The van der Waals surface area contributed by atoms with E-state index in [4.69, 9.17) is 27.9 Å². The summed E-state index contributed by atoms with van der Waals surface area (Å²) in [5.74, 6) is 2.50. The van der Waals surface area contributed by atoms with Crippen LogP contribution in [0.15, 0.2) is 36.4 Å². The Bertz CT molecular complexity index is 915. The number of halogens is 2. The fourth-order valence-corrected chi connectivity index (χ4v) is 3.80.